The number of aromatic nitrogens is 2. The number of hydrogen-bond donors (Lipinski definition) is 3. The lowest BCUT2D eigenvalue weighted by Gasteiger charge is -2.11. The highest BCUT2D eigenvalue weighted by molar-refractivity contribution is 7.13. The second kappa shape index (κ2) is 6.25. The summed E-state index contributed by atoms with van der Waals surface area (Å²) in [5, 5.41) is 11.9. The summed E-state index contributed by atoms with van der Waals surface area (Å²) < 4.78 is 0. The van der Waals surface area contributed by atoms with E-state index in [9.17, 15) is 9.90 Å². The van der Waals surface area contributed by atoms with Crippen molar-refractivity contribution in [3.8, 4) is 17.0 Å². The number of fused-ring (bicyclic) bond motifs is 1. The maximum Gasteiger partial charge on any atom is 0.210 e. The van der Waals surface area contributed by atoms with Crippen molar-refractivity contribution in [2.45, 2.75) is 20.8 Å². The fraction of sp³-hybridized carbons (Fsp3) is 0.143. The van der Waals surface area contributed by atoms with Gasteiger partial charge in [0, 0.05) is 22.8 Å². The summed E-state index contributed by atoms with van der Waals surface area (Å²) in [7, 11) is 0. The summed E-state index contributed by atoms with van der Waals surface area (Å²) in [5.74, 6) is -0.347. The summed E-state index contributed by atoms with van der Waals surface area (Å²) in [5.41, 5.74) is 12.0. The Morgan fingerprint density at radius 3 is 2.63 bits per heavy atom. The molecule has 0 aliphatic rings. The summed E-state index contributed by atoms with van der Waals surface area (Å²) in [4.78, 5) is 20.4. The van der Waals surface area contributed by atoms with Crippen LogP contribution in [0, 0.1) is 20.8 Å². The minimum Gasteiger partial charge on any atom is -0.494 e. The van der Waals surface area contributed by atoms with Gasteiger partial charge in [-0.2, -0.15) is 0 Å². The molecular weight excluding hydrogens is 358 g/mol. The molecule has 2 aromatic carbocycles. The van der Waals surface area contributed by atoms with E-state index in [2.05, 4.69) is 9.97 Å². The van der Waals surface area contributed by atoms with Crippen LogP contribution in [0.15, 0.2) is 36.5 Å². The number of H-pyrrole nitrogens is 1. The quantitative estimate of drug-likeness (QED) is 0.355. The van der Waals surface area contributed by atoms with Crippen molar-refractivity contribution < 1.29 is 9.90 Å². The summed E-state index contributed by atoms with van der Waals surface area (Å²) in [6.07, 6.45) is 1.55. The van der Waals surface area contributed by atoms with Gasteiger partial charge in [-0.25, -0.2) is 4.98 Å². The summed E-state index contributed by atoms with van der Waals surface area (Å²) in [6.45, 7) is 5.89. The SMILES string of the molecule is Cc1ncc(C(=O)c2c(O)[nH]c3cc(-c4ccc(N)c(C)c4C)ccc23)s1. The maximum absolute atomic E-state index is 12.8. The van der Waals surface area contributed by atoms with Crippen molar-refractivity contribution in [1.82, 2.24) is 9.97 Å². The number of nitrogens with one attached hydrogen (secondary N) is 1. The van der Waals surface area contributed by atoms with Crippen LogP contribution in [0.4, 0.5) is 5.69 Å². The molecule has 27 heavy (non-hydrogen) atoms. The largest absolute Gasteiger partial charge is 0.494 e. The van der Waals surface area contributed by atoms with Gasteiger partial charge in [0.25, 0.3) is 0 Å². The van der Waals surface area contributed by atoms with Gasteiger partial charge in [-0.15, -0.1) is 11.3 Å². The highest BCUT2D eigenvalue weighted by Gasteiger charge is 2.22. The third-order valence-electron chi connectivity index (χ3n) is 4.99. The number of hydrogen-bond acceptors (Lipinski definition) is 5. The van der Waals surface area contributed by atoms with Crippen LogP contribution in [0.25, 0.3) is 22.0 Å². The number of benzene rings is 2. The minimum absolute atomic E-state index is 0.122. The first kappa shape index (κ1) is 17.3. The molecule has 0 atom stereocenters. The van der Waals surface area contributed by atoms with E-state index < -0.39 is 0 Å². The van der Waals surface area contributed by atoms with Gasteiger partial charge in [0.15, 0.2) is 0 Å². The normalized spacial score (nSPS) is 11.2. The predicted octanol–water partition coefficient (Wildman–Crippen LogP) is 4.74. The smallest absolute Gasteiger partial charge is 0.210 e. The zero-order valence-electron chi connectivity index (χ0n) is 15.3. The summed E-state index contributed by atoms with van der Waals surface area (Å²) in [6, 6.07) is 9.67. The third-order valence-corrected chi connectivity index (χ3v) is 5.90. The summed E-state index contributed by atoms with van der Waals surface area (Å²) >= 11 is 1.32. The number of carbonyl (C=O) groups excluding carboxylic acids is 1. The van der Waals surface area contributed by atoms with Crippen molar-refractivity contribution in [2.24, 2.45) is 0 Å². The highest BCUT2D eigenvalue weighted by Crippen LogP contribution is 2.35. The zero-order chi connectivity index (χ0) is 19.3. The molecule has 0 spiro atoms. The van der Waals surface area contributed by atoms with E-state index in [0.717, 1.165) is 32.9 Å². The molecule has 0 unspecified atom stereocenters. The van der Waals surface area contributed by atoms with Gasteiger partial charge in [-0.05, 0) is 55.2 Å². The molecule has 0 fully saturated rings. The molecule has 2 heterocycles. The van der Waals surface area contributed by atoms with Gasteiger partial charge in [0.05, 0.1) is 15.4 Å². The lowest BCUT2D eigenvalue weighted by molar-refractivity contribution is 0.104. The zero-order valence-corrected chi connectivity index (χ0v) is 16.1. The standard InChI is InChI=1S/C21H19N3O2S/c1-10-11(2)16(22)7-6-14(10)13-4-5-15-17(8-13)24-21(26)19(15)20(25)18-9-23-12(3)27-18/h4-9,24,26H,22H2,1-3H3. The second-order valence-electron chi connectivity index (χ2n) is 6.63. The Morgan fingerprint density at radius 1 is 1.15 bits per heavy atom. The maximum atomic E-state index is 12.8. The number of anilines is 1. The molecule has 136 valence electrons. The number of aryl methyl sites for hydroxylation is 1. The second-order valence-corrected chi connectivity index (χ2v) is 7.87. The molecule has 0 saturated heterocycles. The number of carbonyl (C=O) groups is 1. The first-order valence-electron chi connectivity index (χ1n) is 8.54. The number of ketones is 1. The van der Waals surface area contributed by atoms with E-state index in [1.807, 2.05) is 51.1 Å². The fourth-order valence-corrected chi connectivity index (χ4v) is 4.05. The van der Waals surface area contributed by atoms with Gasteiger partial charge < -0.3 is 15.8 Å². The van der Waals surface area contributed by atoms with Gasteiger partial charge in [0.1, 0.15) is 0 Å². The van der Waals surface area contributed by atoms with E-state index in [1.54, 1.807) is 6.20 Å². The molecule has 5 nitrogen and oxygen atoms in total. The van der Waals surface area contributed by atoms with Crippen LogP contribution in [0.5, 0.6) is 5.88 Å². The van der Waals surface area contributed by atoms with Gasteiger partial charge in [0.2, 0.25) is 11.7 Å². The number of nitrogens with zero attached hydrogens (tertiary/aromatic N) is 1. The van der Waals surface area contributed by atoms with Crippen LogP contribution >= 0.6 is 11.3 Å². The van der Waals surface area contributed by atoms with Crippen LogP contribution < -0.4 is 5.73 Å². The van der Waals surface area contributed by atoms with E-state index in [4.69, 9.17) is 5.73 Å². The number of aromatic amines is 1. The molecule has 0 bridgehead atoms. The monoisotopic (exact) mass is 377 g/mol. The van der Waals surface area contributed by atoms with Crippen molar-refractivity contribution in [1.29, 1.82) is 0 Å². The number of aromatic hydroxyl groups is 1. The van der Waals surface area contributed by atoms with Crippen LogP contribution in [-0.4, -0.2) is 20.9 Å². The topological polar surface area (TPSA) is 92.0 Å². The molecule has 0 saturated carbocycles. The number of rotatable bonds is 3. The lowest BCUT2D eigenvalue weighted by atomic mass is 9.95. The van der Waals surface area contributed by atoms with Gasteiger partial charge in [-0.3, -0.25) is 4.79 Å². The van der Waals surface area contributed by atoms with Crippen molar-refractivity contribution in [2.75, 3.05) is 5.73 Å². The first-order valence-corrected chi connectivity index (χ1v) is 9.36. The first-order chi connectivity index (χ1) is 12.9. The Kier molecular flexibility index (Phi) is 4.00. The molecule has 0 amide bonds. The van der Waals surface area contributed by atoms with E-state index in [0.29, 0.717) is 15.8 Å². The Hall–Kier alpha value is -3.12. The van der Waals surface area contributed by atoms with E-state index in [1.165, 1.54) is 11.3 Å². The molecule has 0 aliphatic carbocycles. The third kappa shape index (κ3) is 2.78. The van der Waals surface area contributed by atoms with Crippen LogP contribution in [0.2, 0.25) is 0 Å². The van der Waals surface area contributed by atoms with Crippen molar-refractivity contribution in [3.63, 3.8) is 0 Å². The van der Waals surface area contributed by atoms with E-state index in [-0.39, 0.29) is 17.2 Å². The average Bonchev–Trinajstić information content (AvgIpc) is 3.21. The molecule has 2 aromatic heterocycles. The Bertz CT molecular complexity index is 1200. The van der Waals surface area contributed by atoms with E-state index >= 15 is 0 Å². The predicted molar refractivity (Wildman–Crippen MR) is 110 cm³/mol. The molecule has 0 aliphatic heterocycles. The highest BCUT2D eigenvalue weighted by atomic mass is 32.1. The number of nitrogen functional groups attached to an aromatic ring is 1. The lowest BCUT2D eigenvalue weighted by Crippen LogP contribution is -1.98. The molecule has 4 aromatic rings. The average molecular weight is 377 g/mol. The fourth-order valence-electron chi connectivity index (χ4n) is 3.32. The Balaban J connectivity index is 1.84. The van der Waals surface area contributed by atoms with Crippen LogP contribution in [0.1, 0.15) is 31.4 Å². The Labute approximate surface area is 160 Å². The van der Waals surface area contributed by atoms with Crippen molar-refractivity contribution >= 4 is 33.7 Å². The molecule has 6 heteroatoms. The van der Waals surface area contributed by atoms with Gasteiger partial charge >= 0.3 is 0 Å². The molecular formula is C21H19N3O2S. The molecule has 0 radical (unpaired) electrons. The number of thiazole rings is 1. The minimum atomic E-state index is -0.225. The molecule has 4 rings (SSSR count). The van der Waals surface area contributed by atoms with Crippen LogP contribution in [0.3, 0.4) is 0 Å². The van der Waals surface area contributed by atoms with Crippen LogP contribution in [-0.2, 0) is 0 Å². The van der Waals surface area contributed by atoms with Gasteiger partial charge in [-0.1, -0.05) is 18.2 Å². The molecule has 4 N–H and O–H groups in total. The van der Waals surface area contributed by atoms with Crippen molar-refractivity contribution in [3.05, 3.63) is 63.1 Å². The number of nitrogens with two attached hydrogens (primary N) is 1. The Morgan fingerprint density at radius 2 is 1.93 bits per heavy atom.